The Bertz CT molecular complexity index is 446. The maximum Gasteiger partial charge on any atom is 0.239 e. The zero-order valence-electron chi connectivity index (χ0n) is 11.1. The van der Waals surface area contributed by atoms with Gasteiger partial charge in [-0.05, 0) is 6.07 Å². The van der Waals surface area contributed by atoms with E-state index in [1.54, 1.807) is 12.0 Å². The number of nitrogens with zero attached hydrogens (tertiary/aromatic N) is 2. The zero-order chi connectivity index (χ0) is 15.0. The number of halogens is 2. The molecule has 0 aliphatic carbocycles. The first-order chi connectivity index (χ1) is 9.56. The van der Waals surface area contributed by atoms with Crippen molar-refractivity contribution in [2.75, 3.05) is 45.3 Å². The number of hydrogen-bond donors (Lipinski definition) is 2. The van der Waals surface area contributed by atoms with Gasteiger partial charge in [-0.1, -0.05) is 23.2 Å². The first kappa shape index (κ1) is 17.1. The lowest BCUT2D eigenvalue weighted by atomic mass is 10.4. The molecule has 112 valence electrons. The highest BCUT2D eigenvalue weighted by Gasteiger charge is 2.12. The summed E-state index contributed by atoms with van der Waals surface area (Å²) in [6, 6.07) is 1.50. The van der Waals surface area contributed by atoms with Crippen molar-refractivity contribution in [3.63, 3.8) is 0 Å². The first-order valence-corrected chi connectivity index (χ1v) is 6.75. The van der Waals surface area contributed by atoms with Crippen LogP contribution in [0.15, 0.2) is 12.3 Å². The Balaban J connectivity index is 2.55. The minimum absolute atomic E-state index is 0.0308. The van der Waals surface area contributed by atoms with Crippen molar-refractivity contribution in [1.29, 1.82) is 0 Å². The standard InChI is InChI=1S/C12H17Cl2N3O3/c1-20-5-3-17(2-4-18)8-11(19)16-12-10(14)6-9(13)7-15-12/h6-7,18H,2-5,8H2,1H3,(H,15,16,19). The number of carbonyl (C=O) groups is 1. The summed E-state index contributed by atoms with van der Waals surface area (Å²) in [5.74, 6) is -0.0111. The molecular formula is C12H17Cl2N3O3. The Morgan fingerprint density at radius 3 is 2.85 bits per heavy atom. The van der Waals surface area contributed by atoms with Crippen molar-refractivity contribution < 1.29 is 14.6 Å². The van der Waals surface area contributed by atoms with E-state index in [1.165, 1.54) is 12.3 Å². The van der Waals surface area contributed by atoms with Crippen LogP contribution in [0.4, 0.5) is 5.82 Å². The number of methoxy groups -OCH3 is 1. The van der Waals surface area contributed by atoms with Gasteiger partial charge in [-0.15, -0.1) is 0 Å². The van der Waals surface area contributed by atoms with E-state index in [9.17, 15) is 4.79 Å². The Labute approximate surface area is 127 Å². The van der Waals surface area contributed by atoms with Gasteiger partial charge < -0.3 is 15.2 Å². The van der Waals surface area contributed by atoms with Crippen LogP contribution in [0.25, 0.3) is 0 Å². The molecule has 0 unspecified atom stereocenters. The number of aliphatic hydroxyl groups is 1. The van der Waals surface area contributed by atoms with Crippen molar-refractivity contribution in [3.8, 4) is 0 Å². The second-order valence-corrected chi connectivity index (χ2v) is 4.87. The molecule has 1 rings (SSSR count). The smallest absolute Gasteiger partial charge is 0.239 e. The number of rotatable bonds is 8. The number of pyridine rings is 1. The highest BCUT2D eigenvalue weighted by Crippen LogP contribution is 2.22. The maximum absolute atomic E-state index is 11.9. The van der Waals surface area contributed by atoms with Gasteiger partial charge in [0.15, 0.2) is 5.82 Å². The van der Waals surface area contributed by atoms with E-state index in [0.29, 0.717) is 24.7 Å². The highest BCUT2D eigenvalue weighted by molar-refractivity contribution is 6.36. The molecule has 0 aliphatic rings. The monoisotopic (exact) mass is 321 g/mol. The molecule has 0 fully saturated rings. The van der Waals surface area contributed by atoms with Crippen LogP contribution >= 0.6 is 23.2 Å². The van der Waals surface area contributed by atoms with E-state index in [0.717, 1.165) is 0 Å². The highest BCUT2D eigenvalue weighted by atomic mass is 35.5. The second kappa shape index (κ2) is 9.10. The summed E-state index contributed by atoms with van der Waals surface area (Å²) in [5, 5.41) is 12.2. The molecule has 2 N–H and O–H groups in total. The SMILES string of the molecule is COCCN(CCO)CC(=O)Nc1ncc(Cl)cc1Cl. The number of hydrogen-bond acceptors (Lipinski definition) is 5. The van der Waals surface area contributed by atoms with E-state index in [2.05, 4.69) is 10.3 Å². The average molecular weight is 322 g/mol. The van der Waals surface area contributed by atoms with Gasteiger partial charge >= 0.3 is 0 Å². The molecule has 20 heavy (non-hydrogen) atoms. The predicted molar refractivity (Wildman–Crippen MR) is 78.3 cm³/mol. The molecule has 0 bridgehead atoms. The quantitative estimate of drug-likeness (QED) is 0.754. The van der Waals surface area contributed by atoms with Crippen molar-refractivity contribution in [2.24, 2.45) is 0 Å². The summed E-state index contributed by atoms with van der Waals surface area (Å²) < 4.78 is 4.95. The summed E-state index contributed by atoms with van der Waals surface area (Å²) in [5.41, 5.74) is 0. The lowest BCUT2D eigenvalue weighted by Crippen LogP contribution is -2.37. The normalized spacial score (nSPS) is 10.8. The van der Waals surface area contributed by atoms with Gasteiger partial charge in [0.1, 0.15) is 0 Å². The summed E-state index contributed by atoms with van der Waals surface area (Å²) in [4.78, 5) is 17.6. The first-order valence-electron chi connectivity index (χ1n) is 6.00. The third kappa shape index (κ3) is 6.02. The van der Waals surface area contributed by atoms with Crippen LogP contribution in [0.5, 0.6) is 0 Å². The maximum atomic E-state index is 11.9. The molecule has 0 radical (unpaired) electrons. The predicted octanol–water partition coefficient (Wildman–Crippen LogP) is 1.27. The zero-order valence-corrected chi connectivity index (χ0v) is 12.6. The molecule has 0 spiro atoms. The molecule has 1 aromatic rings. The van der Waals surface area contributed by atoms with Crippen LogP contribution in [0.2, 0.25) is 10.0 Å². The number of aromatic nitrogens is 1. The number of aliphatic hydroxyl groups excluding tert-OH is 1. The van der Waals surface area contributed by atoms with Gasteiger partial charge in [0.05, 0.1) is 29.8 Å². The van der Waals surface area contributed by atoms with Gasteiger partial charge in [0.2, 0.25) is 5.91 Å². The minimum Gasteiger partial charge on any atom is -0.395 e. The van der Waals surface area contributed by atoms with E-state index >= 15 is 0 Å². The number of carbonyl (C=O) groups excluding carboxylic acids is 1. The molecule has 8 heteroatoms. The van der Waals surface area contributed by atoms with E-state index in [1.807, 2.05) is 0 Å². The van der Waals surface area contributed by atoms with Crippen molar-refractivity contribution in [2.45, 2.75) is 0 Å². The van der Waals surface area contributed by atoms with Gasteiger partial charge in [0.25, 0.3) is 0 Å². The third-order valence-corrected chi connectivity index (χ3v) is 2.96. The molecule has 1 aromatic heterocycles. The van der Waals surface area contributed by atoms with Crippen LogP contribution in [0.3, 0.4) is 0 Å². The van der Waals surface area contributed by atoms with Crippen LogP contribution in [-0.4, -0.2) is 60.9 Å². The lowest BCUT2D eigenvalue weighted by molar-refractivity contribution is -0.117. The van der Waals surface area contributed by atoms with E-state index < -0.39 is 0 Å². The fraction of sp³-hybridized carbons (Fsp3) is 0.500. The molecule has 0 atom stereocenters. The van der Waals surface area contributed by atoms with Crippen LogP contribution < -0.4 is 5.32 Å². The Morgan fingerprint density at radius 1 is 1.50 bits per heavy atom. The van der Waals surface area contributed by atoms with E-state index in [4.69, 9.17) is 33.0 Å². The topological polar surface area (TPSA) is 74.7 Å². The van der Waals surface area contributed by atoms with Crippen molar-refractivity contribution in [3.05, 3.63) is 22.3 Å². The summed E-state index contributed by atoms with van der Waals surface area (Å²) in [7, 11) is 1.58. The third-order valence-electron chi connectivity index (χ3n) is 2.46. The average Bonchev–Trinajstić information content (AvgIpc) is 2.39. The van der Waals surface area contributed by atoms with Crippen LogP contribution in [-0.2, 0) is 9.53 Å². The molecule has 6 nitrogen and oxygen atoms in total. The summed E-state index contributed by atoms with van der Waals surface area (Å²) in [6.07, 6.45) is 1.40. The molecule has 1 amide bonds. The number of ether oxygens (including phenoxy) is 1. The molecule has 0 saturated heterocycles. The largest absolute Gasteiger partial charge is 0.395 e. The second-order valence-electron chi connectivity index (χ2n) is 4.02. The minimum atomic E-state index is -0.272. The molecule has 0 saturated carbocycles. The van der Waals surface area contributed by atoms with Crippen molar-refractivity contribution >= 4 is 34.9 Å². The van der Waals surface area contributed by atoms with Crippen molar-refractivity contribution in [1.82, 2.24) is 9.88 Å². The number of anilines is 1. The Morgan fingerprint density at radius 2 is 2.25 bits per heavy atom. The van der Waals surface area contributed by atoms with Gasteiger partial charge in [-0.25, -0.2) is 4.98 Å². The van der Waals surface area contributed by atoms with Gasteiger partial charge in [-0.3, -0.25) is 9.69 Å². The van der Waals surface area contributed by atoms with Crippen LogP contribution in [0.1, 0.15) is 0 Å². The Kier molecular flexibility index (Phi) is 7.79. The fourth-order valence-corrected chi connectivity index (χ4v) is 1.94. The fourth-order valence-electron chi connectivity index (χ4n) is 1.51. The van der Waals surface area contributed by atoms with Gasteiger partial charge in [-0.2, -0.15) is 0 Å². The summed E-state index contributed by atoms with van der Waals surface area (Å²) >= 11 is 11.6. The Hall–Kier alpha value is -0.920. The van der Waals surface area contributed by atoms with E-state index in [-0.39, 0.29) is 29.9 Å². The van der Waals surface area contributed by atoms with Crippen LogP contribution in [0, 0.1) is 0 Å². The van der Waals surface area contributed by atoms with Gasteiger partial charge in [0, 0.05) is 26.4 Å². The lowest BCUT2D eigenvalue weighted by Gasteiger charge is -2.20. The molecule has 1 heterocycles. The number of nitrogens with one attached hydrogen (secondary N) is 1. The molecular weight excluding hydrogens is 305 g/mol. The summed E-state index contributed by atoms with van der Waals surface area (Å²) in [6.45, 7) is 1.50. The molecule has 0 aliphatic heterocycles. The number of amides is 1. The molecule has 0 aromatic carbocycles.